The summed E-state index contributed by atoms with van der Waals surface area (Å²) in [5, 5.41) is 3.65. The molecule has 1 N–H and O–H groups in total. The molecule has 1 aromatic carbocycles. The summed E-state index contributed by atoms with van der Waals surface area (Å²) in [6, 6.07) is 5.44. The molecule has 0 radical (unpaired) electrons. The third-order valence-corrected chi connectivity index (χ3v) is 5.60. The van der Waals surface area contributed by atoms with Gasteiger partial charge >= 0.3 is 0 Å². The quantitative estimate of drug-likeness (QED) is 0.826. The number of benzene rings is 1. The van der Waals surface area contributed by atoms with Crippen molar-refractivity contribution < 1.29 is 4.39 Å². The molecule has 0 saturated carbocycles. The van der Waals surface area contributed by atoms with Crippen LogP contribution in [0.2, 0.25) is 0 Å². The number of rotatable bonds is 6. The molecule has 1 saturated heterocycles. The normalized spacial score (nSPS) is 20.7. The van der Waals surface area contributed by atoms with Crippen LogP contribution in [-0.2, 0) is 6.42 Å². The molecule has 0 aliphatic carbocycles. The highest BCUT2D eigenvalue weighted by Gasteiger charge is 2.25. The molecule has 19 heavy (non-hydrogen) atoms. The van der Waals surface area contributed by atoms with E-state index in [4.69, 9.17) is 0 Å². The van der Waals surface area contributed by atoms with E-state index in [2.05, 4.69) is 28.2 Å². The van der Waals surface area contributed by atoms with E-state index in [9.17, 15) is 4.39 Å². The Morgan fingerprint density at radius 1 is 1.53 bits per heavy atom. The molecule has 2 rings (SSSR count). The van der Waals surface area contributed by atoms with Crippen molar-refractivity contribution in [3.63, 3.8) is 0 Å². The lowest BCUT2D eigenvalue weighted by atomic mass is 9.93. The minimum atomic E-state index is -0.145. The van der Waals surface area contributed by atoms with E-state index in [0.29, 0.717) is 12.0 Å². The number of nitrogens with one attached hydrogen (secondary N) is 1. The average Bonchev–Trinajstić information content (AvgIpc) is 2.92. The molecule has 1 aliphatic rings. The molecule has 1 aromatic rings. The van der Waals surface area contributed by atoms with Crippen LogP contribution in [0.3, 0.4) is 0 Å². The molecule has 4 heteroatoms. The van der Waals surface area contributed by atoms with Crippen LogP contribution in [0.25, 0.3) is 0 Å². The first-order valence-corrected chi connectivity index (χ1v) is 8.90. The van der Waals surface area contributed by atoms with Crippen LogP contribution in [0.4, 0.5) is 4.39 Å². The standard InChI is InChI=1S/C15H21BrFNS/c1-2-6-18-15(11-5-7-19-10-11)9-12-8-13(17)3-4-14(12)16/h3-4,8,11,15,18H,2,5-7,9-10H2,1H3. The van der Waals surface area contributed by atoms with Gasteiger partial charge in [-0.1, -0.05) is 22.9 Å². The molecule has 2 atom stereocenters. The lowest BCUT2D eigenvalue weighted by molar-refractivity contribution is 0.379. The van der Waals surface area contributed by atoms with Crippen LogP contribution >= 0.6 is 27.7 Å². The van der Waals surface area contributed by atoms with E-state index in [-0.39, 0.29) is 5.82 Å². The van der Waals surface area contributed by atoms with Crippen molar-refractivity contribution in [2.45, 2.75) is 32.2 Å². The second-order valence-electron chi connectivity index (χ2n) is 5.12. The van der Waals surface area contributed by atoms with Crippen LogP contribution in [0, 0.1) is 11.7 Å². The molecular formula is C15H21BrFNS. The van der Waals surface area contributed by atoms with Crippen molar-refractivity contribution in [3.05, 3.63) is 34.1 Å². The molecule has 0 spiro atoms. The molecule has 1 aliphatic heterocycles. The fourth-order valence-corrected chi connectivity index (χ4v) is 4.29. The van der Waals surface area contributed by atoms with Gasteiger partial charge in [-0.05, 0) is 67.0 Å². The highest BCUT2D eigenvalue weighted by Crippen LogP contribution is 2.29. The van der Waals surface area contributed by atoms with Gasteiger partial charge in [0.05, 0.1) is 0 Å². The Hall–Kier alpha value is -0.0600. The van der Waals surface area contributed by atoms with Crippen molar-refractivity contribution in [3.8, 4) is 0 Å². The Kier molecular flexibility index (Phi) is 6.17. The molecule has 0 aromatic heterocycles. The minimum absolute atomic E-state index is 0.145. The Labute approximate surface area is 127 Å². The van der Waals surface area contributed by atoms with E-state index in [1.54, 1.807) is 6.07 Å². The topological polar surface area (TPSA) is 12.0 Å². The van der Waals surface area contributed by atoms with E-state index < -0.39 is 0 Å². The molecule has 106 valence electrons. The van der Waals surface area contributed by atoms with Crippen molar-refractivity contribution >= 4 is 27.7 Å². The zero-order valence-corrected chi connectivity index (χ0v) is 13.7. The molecule has 0 amide bonds. The SMILES string of the molecule is CCCNC(Cc1cc(F)ccc1Br)C1CCSC1. The summed E-state index contributed by atoms with van der Waals surface area (Å²) >= 11 is 5.57. The maximum atomic E-state index is 13.4. The number of hydrogen-bond donors (Lipinski definition) is 1. The Morgan fingerprint density at radius 3 is 3.05 bits per heavy atom. The van der Waals surface area contributed by atoms with Gasteiger partial charge in [-0.25, -0.2) is 4.39 Å². The predicted octanol–water partition coefficient (Wildman–Crippen LogP) is 4.25. The monoisotopic (exact) mass is 345 g/mol. The molecule has 1 fully saturated rings. The highest BCUT2D eigenvalue weighted by molar-refractivity contribution is 9.10. The van der Waals surface area contributed by atoms with Crippen molar-refractivity contribution in [2.24, 2.45) is 5.92 Å². The van der Waals surface area contributed by atoms with Gasteiger partial charge < -0.3 is 5.32 Å². The fourth-order valence-electron chi connectivity index (χ4n) is 2.54. The fraction of sp³-hybridized carbons (Fsp3) is 0.600. The first-order valence-electron chi connectivity index (χ1n) is 6.95. The second kappa shape index (κ2) is 7.65. The predicted molar refractivity (Wildman–Crippen MR) is 85.3 cm³/mol. The number of hydrogen-bond acceptors (Lipinski definition) is 2. The lowest BCUT2D eigenvalue weighted by Gasteiger charge is -2.25. The maximum absolute atomic E-state index is 13.4. The minimum Gasteiger partial charge on any atom is -0.313 e. The number of halogens is 2. The lowest BCUT2D eigenvalue weighted by Crippen LogP contribution is -2.38. The summed E-state index contributed by atoms with van der Waals surface area (Å²) in [6.07, 6.45) is 3.32. The zero-order chi connectivity index (χ0) is 13.7. The first-order chi connectivity index (χ1) is 9.20. The van der Waals surface area contributed by atoms with Gasteiger partial charge in [0.2, 0.25) is 0 Å². The zero-order valence-electron chi connectivity index (χ0n) is 11.3. The second-order valence-corrected chi connectivity index (χ2v) is 7.13. The van der Waals surface area contributed by atoms with Crippen LogP contribution in [0.15, 0.2) is 22.7 Å². The van der Waals surface area contributed by atoms with Crippen LogP contribution in [0.1, 0.15) is 25.3 Å². The molecule has 2 unspecified atom stereocenters. The summed E-state index contributed by atoms with van der Waals surface area (Å²) in [5.74, 6) is 3.06. The van der Waals surface area contributed by atoms with Crippen LogP contribution in [-0.4, -0.2) is 24.1 Å². The summed E-state index contributed by atoms with van der Waals surface area (Å²) in [5.41, 5.74) is 1.07. The van der Waals surface area contributed by atoms with Gasteiger partial charge in [0.15, 0.2) is 0 Å². The number of thioether (sulfide) groups is 1. The van der Waals surface area contributed by atoms with Gasteiger partial charge in [-0.15, -0.1) is 0 Å². The summed E-state index contributed by atoms with van der Waals surface area (Å²) in [6.45, 7) is 3.23. The van der Waals surface area contributed by atoms with Crippen molar-refractivity contribution in [1.29, 1.82) is 0 Å². The highest BCUT2D eigenvalue weighted by atomic mass is 79.9. The third-order valence-electron chi connectivity index (χ3n) is 3.64. The van der Waals surface area contributed by atoms with Gasteiger partial charge in [-0.3, -0.25) is 0 Å². The van der Waals surface area contributed by atoms with Gasteiger partial charge in [-0.2, -0.15) is 11.8 Å². The maximum Gasteiger partial charge on any atom is 0.123 e. The van der Waals surface area contributed by atoms with Gasteiger partial charge in [0.1, 0.15) is 5.82 Å². The van der Waals surface area contributed by atoms with E-state index >= 15 is 0 Å². The van der Waals surface area contributed by atoms with Crippen molar-refractivity contribution in [2.75, 3.05) is 18.1 Å². The van der Waals surface area contributed by atoms with Crippen LogP contribution < -0.4 is 5.32 Å². The Balaban J connectivity index is 2.07. The van der Waals surface area contributed by atoms with E-state index in [1.165, 1.54) is 24.0 Å². The Morgan fingerprint density at radius 2 is 2.37 bits per heavy atom. The molecule has 0 bridgehead atoms. The van der Waals surface area contributed by atoms with Crippen molar-refractivity contribution in [1.82, 2.24) is 5.32 Å². The largest absolute Gasteiger partial charge is 0.313 e. The summed E-state index contributed by atoms with van der Waals surface area (Å²) in [7, 11) is 0. The third kappa shape index (κ3) is 4.47. The molecular weight excluding hydrogens is 325 g/mol. The van der Waals surface area contributed by atoms with Crippen LogP contribution in [0.5, 0.6) is 0 Å². The Bertz CT molecular complexity index is 407. The smallest absolute Gasteiger partial charge is 0.123 e. The average molecular weight is 346 g/mol. The molecule has 1 nitrogen and oxygen atoms in total. The summed E-state index contributed by atoms with van der Waals surface area (Å²) in [4.78, 5) is 0. The van der Waals surface area contributed by atoms with Gasteiger partial charge in [0.25, 0.3) is 0 Å². The molecule has 1 heterocycles. The van der Waals surface area contributed by atoms with E-state index in [0.717, 1.165) is 29.4 Å². The van der Waals surface area contributed by atoms with E-state index in [1.807, 2.05) is 17.8 Å². The first kappa shape index (κ1) is 15.3. The van der Waals surface area contributed by atoms with Gasteiger partial charge in [0, 0.05) is 10.5 Å². The summed E-state index contributed by atoms with van der Waals surface area (Å²) < 4.78 is 14.4.